The number of rotatable bonds is 6. The van der Waals surface area contributed by atoms with E-state index in [0.717, 1.165) is 25.6 Å². The van der Waals surface area contributed by atoms with E-state index < -0.39 is 0 Å². The Morgan fingerprint density at radius 3 is 2.77 bits per heavy atom. The molecule has 2 rings (SSSR count). The van der Waals surface area contributed by atoms with Crippen LogP contribution in [0.5, 0.6) is 0 Å². The number of nitrogens with zero attached hydrogens (tertiary/aromatic N) is 4. The Kier molecular flexibility index (Phi) is 5.94. The first kappa shape index (κ1) is 16.0. The molecule has 1 aromatic carbocycles. The number of benzene rings is 1. The van der Waals surface area contributed by atoms with E-state index in [1.165, 1.54) is 11.1 Å². The van der Waals surface area contributed by atoms with Gasteiger partial charge in [0.05, 0.1) is 6.54 Å². The maximum Gasteiger partial charge on any atom is 0.191 e. The summed E-state index contributed by atoms with van der Waals surface area (Å²) in [6.07, 6.45) is 3.28. The third kappa shape index (κ3) is 5.20. The van der Waals surface area contributed by atoms with E-state index in [1.807, 2.05) is 4.68 Å². The zero-order valence-corrected chi connectivity index (χ0v) is 13.5. The first-order valence-electron chi connectivity index (χ1n) is 7.52. The standard InChI is InChI=1S/C16H24N6/c1-13(2)8-19-16(17-3)20-9-14-5-4-6-15(7-14)10-22-12-18-11-21-22/h4-7,11-13H,8-10H2,1-3H3,(H2,17,19,20). The molecule has 0 atom stereocenters. The van der Waals surface area contributed by atoms with Crippen molar-refractivity contribution in [3.63, 3.8) is 0 Å². The predicted molar refractivity (Wildman–Crippen MR) is 88.6 cm³/mol. The van der Waals surface area contributed by atoms with Crippen LogP contribution >= 0.6 is 0 Å². The Hall–Kier alpha value is -2.37. The maximum absolute atomic E-state index is 4.23. The molecule has 0 spiro atoms. The summed E-state index contributed by atoms with van der Waals surface area (Å²) in [6, 6.07) is 8.43. The molecule has 22 heavy (non-hydrogen) atoms. The summed E-state index contributed by atoms with van der Waals surface area (Å²) in [6.45, 7) is 6.73. The molecule has 0 amide bonds. The summed E-state index contributed by atoms with van der Waals surface area (Å²) in [5.41, 5.74) is 2.42. The van der Waals surface area contributed by atoms with E-state index in [1.54, 1.807) is 19.7 Å². The van der Waals surface area contributed by atoms with Gasteiger partial charge in [-0.2, -0.15) is 5.10 Å². The van der Waals surface area contributed by atoms with Gasteiger partial charge in [-0.25, -0.2) is 9.67 Å². The van der Waals surface area contributed by atoms with Crippen LogP contribution in [0.4, 0.5) is 0 Å². The first-order valence-corrected chi connectivity index (χ1v) is 7.52. The van der Waals surface area contributed by atoms with Crippen LogP contribution in [0, 0.1) is 5.92 Å². The molecule has 0 bridgehead atoms. The average Bonchev–Trinajstić information content (AvgIpc) is 3.00. The fourth-order valence-electron chi connectivity index (χ4n) is 2.05. The molecule has 0 radical (unpaired) electrons. The number of aliphatic imine (C=N–C) groups is 1. The van der Waals surface area contributed by atoms with Crippen LogP contribution in [0.3, 0.4) is 0 Å². The van der Waals surface area contributed by atoms with E-state index in [9.17, 15) is 0 Å². The maximum atomic E-state index is 4.23. The van der Waals surface area contributed by atoms with Crippen molar-refractivity contribution in [2.24, 2.45) is 10.9 Å². The van der Waals surface area contributed by atoms with Crippen molar-refractivity contribution in [3.05, 3.63) is 48.0 Å². The van der Waals surface area contributed by atoms with Gasteiger partial charge in [0.1, 0.15) is 12.7 Å². The monoisotopic (exact) mass is 300 g/mol. The molecule has 0 unspecified atom stereocenters. The summed E-state index contributed by atoms with van der Waals surface area (Å²) >= 11 is 0. The van der Waals surface area contributed by atoms with Crippen molar-refractivity contribution >= 4 is 5.96 Å². The van der Waals surface area contributed by atoms with Gasteiger partial charge in [0, 0.05) is 20.1 Å². The normalized spacial score (nSPS) is 11.7. The minimum absolute atomic E-state index is 0.588. The number of hydrogen-bond acceptors (Lipinski definition) is 3. The molecule has 0 saturated heterocycles. The van der Waals surface area contributed by atoms with Crippen molar-refractivity contribution in [2.45, 2.75) is 26.9 Å². The lowest BCUT2D eigenvalue weighted by molar-refractivity contribution is 0.614. The lowest BCUT2D eigenvalue weighted by atomic mass is 10.1. The second-order valence-corrected chi connectivity index (χ2v) is 5.61. The van der Waals surface area contributed by atoms with Crippen LogP contribution in [0.2, 0.25) is 0 Å². The van der Waals surface area contributed by atoms with Crippen molar-refractivity contribution < 1.29 is 0 Å². The molecule has 2 aromatic rings. The highest BCUT2D eigenvalue weighted by atomic mass is 15.3. The second-order valence-electron chi connectivity index (χ2n) is 5.61. The quantitative estimate of drug-likeness (QED) is 0.629. The van der Waals surface area contributed by atoms with E-state index in [2.05, 4.69) is 63.8 Å². The Labute approximate surface area is 131 Å². The van der Waals surface area contributed by atoms with Crippen LogP contribution in [0.1, 0.15) is 25.0 Å². The molecular formula is C16H24N6. The smallest absolute Gasteiger partial charge is 0.191 e. The minimum atomic E-state index is 0.588. The Bertz CT molecular complexity index is 588. The highest BCUT2D eigenvalue weighted by Crippen LogP contribution is 2.06. The summed E-state index contributed by atoms with van der Waals surface area (Å²) in [5, 5.41) is 10.8. The zero-order valence-electron chi connectivity index (χ0n) is 13.5. The van der Waals surface area contributed by atoms with Crippen molar-refractivity contribution in [1.29, 1.82) is 0 Å². The van der Waals surface area contributed by atoms with Gasteiger partial charge < -0.3 is 10.6 Å². The van der Waals surface area contributed by atoms with Gasteiger partial charge in [-0.05, 0) is 17.0 Å². The zero-order chi connectivity index (χ0) is 15.8. The van der Waals surface area contributed by atoms with Gasteiger partial charge in [-0.15, -0.1) is 0 Å². The molecule has 6 heteroatoms. The molecule has 0 aliphatic carbocycles. The predicted octanol–water partition coefficient (Wildman–Crippen LogP) is 1.65. The van der Waals surface area contributed by atoms with Gasteiger partial charge >= 0.3 is 0 Å². The van der Waals surface area contributed by atoms with Gasteiger partial charge in [0.25, 0.3) is 0 Å². The van der Waals surface area contributed by atoms with Gasteiger partial charge in [0.15, 0.2) is 5.96 Å². The van der Waals surface area contributed by atoms with Crippen LogP contribution < -0.4 is 10.6 Å². The molecule has 1 aromatic heterocycles. The largest absolute Gasteiger partial charge is 0.356 e. The fourth-order valence-corrected chi connectivity index (χ4v) is 2.05. The summed E-state index contributed by atoms with van der Waals surface area (Å²) in [7, 11) is 1.79. The van der Waals surface area contributed by atoms with Crippen LogP contribution in [-0.2, 0) is 13.1 Å². The van der Waals surface area contributed by atoms with Gasteiger partial charge in [-0.1, -0.05) is 38.1 Å². The first-order chi connectivity index (χ1) is 10.7. The Morgan fingerprint density at radius 2 is 2.09 bits per heavy atom. The number of guanidine groups is 1. The van der Waals surface area contributed by atoms with E-state index in [-0.39, 0.29) is 0 Å². The second kappa shape index (κ2) is 8.17. The summed E-state index contributed by atoms with van der Waals surface area (Å²) < 4.78 is 1.82. The number of aromatic nitrogens is 3. The Morgan fingerprint density at radius 1 is 1.27 bits per heavy atom. The van der Waals surface area contributed by atoms with Crippen LogP contribution in [0.25, 0.3) is 0 Å². The van der Waals surface area contributed by atoms with Crippen molar-refractivity contribution in [2.75, 3.05) is 13.6 Å². The van der Waals surface area contributed by atoms with Crippen molar-refractivity contribution in [3.8, 4) is 0 Å². The van der Waals surface area contributed by atoms with E-state index >= 15 is 0 Å². The summed E-state index contributed by atoms with van der Waals surface area (Å²) in [4.78, 5) is 8.19. The molecule has 118 valence electrons. The van der Waals surface area contributed by atoms with E-state index in [4.69, 9.17) is 0 Å². The molecule has 0 fully saturated rings. The van der Waals surface area contributed by atoms with Crippen LogP contribution in [-0.4, -0.2) is 34.3 Å². The highest BCUT2D eigenvalue weighted by molar-refractivity contribution is 5.79. The number of nitrogens with one attached hydrogen (secondary N) is 2. The SMILES string of the molecule is CN=C(NCc1cccc(Cn2cncn2)c1)NCC(C)C. The molecule has 0 aliphatic heterocycles. The molecule has 6 nitrogen and oxygen atoms in total. The number of hydrogen-bond donors (Lipinski definition) is 2. The Balaban J connectivity index is 1.89. The average molecular weight is 300 g/mol. The summed E-state index contributed by atoms with van der Waals surface area (Å²) in [5.74, 6) is 1.42. The molecule has 1 heterocycles. The third-order valence-electron chi connectivity index (χ3n) is 3.16. The van der Waals surface area contributed by atoms with E-state index in [0.29, 0.717) is 5.92 Å². The lowest BCUT2D eigenvalue weighted by Gasteiger charge is -2.14. The minimum Gasteiger partial charge on any atom is -0.356 e. The molecule has 0 aliphatic rings. The topological polar surface area (TPSA) is 67.1 Å². The van der Waals surface area contributed by atoms with Gasteiger partial charge in [0.2, 0.25) is 0 Å². The lowest BCUT2D eigenvalue weighted by Crippen LogP contribution is -2.38. The molecular weight excluding hydrogens is 276 g/mol. The third-order valence-corrected chi connectivity index (χ3v) is 3.16. The highest BCUT2D eigenvalue weighted by Gasteiger charge is 2.01. The molecule has 0 saturated carbocycles. The molecule has 2 N–H and O–H groups in total. The fraction of sp³-hybridized carbons (Fsp3) is 0.438. The van der Waals surface area contributed by atoms with Gasteiger partial charge in [-0.3, -0.25) is 4.99 Å². The van der Waals surface area contributed by atoms with Crippen molar-refractivity contribution in [1.82, 2.24) is 25.4 Å². The van der Waals surface area contributed by atoms with Crippen LogP contribution in [0.15, 0.2) is 41.9 Å².